The molecule has 0 unspecified atom stereocenters. The first-order valence-corrected chi connectivity index (χ1v) is 8.56. The second-order valence-electron chi connectivity index (χ2n) is 6.68. The minimum atomic E-state index is 0.0988. The molecule has 0 aliphatic carbocycles. The summed E-state index contributed by atoms with van der Waals surface area (Å²) in [6.45, 7) is 5.34. The summed E-state index contributed by atoms with van der Waals surface area (Å²) in [7, 11) is 0. The molecule has 1 aliphatic heterocycles. The topological polar surface area (TPSA) is 49.2 Å². The van der Waals surface area contributed by atoms with Crippen molar-refractivity contribution in [2.45, 2.75) is 32.6 Å². The summed E-state index contributed by atoms with van der Waals surface area (Å²) in [5, 5.41) is 1.31. The van der Waals surface area contributed by atoms with Crippen molar-refractivity contribution in [1.82, 2.24) is 9.88 Å². The number of hydrogen-bond donors (Lipinski definition) is 1. The van der Waals surface area contributed by atoms with Crippen molar-refractivity contribution in [3.63, 3.8) is 0 Å². The molecule has 3 aromatic rings. The number of nitrogens with zero attached hydrogens (tertiary/aromatic N) is 1. The van der Waals surface area contributed by atoms with Crippen LogP contribution in [0.4, 0.5) is 0 Å². The van der Waals surface area contributed by atoms with Gasteiger partial charge in [-0.1, -0.05) is 18.2 Å². The van der Waals surface area contributed by atoms with E-state index < -0.39 is 0 Å². The molecule has 1 aromatic carbocycles. The van der Waals surface area contributed by atoms with Crippen LogP contribution in [0.5, 0.6) is 0 Å². The van der Waals surface area contributed by atoms with Gasteiger partial charge in [-0.3, -0.25) is 4.79 Å². The second-order valence-corrected chi connectivity index (χ2v) is 6.68. The van der Waals surface area contributed by atoms with Gasteiger partial charge in [-0.25, -0.2) is 0 Å². The normalized spacial score (nSPS) is 16.0. The van der Waals surface area contributed by atoms with Crippen LogP contribution in [-0.2, 0) is 0 Å². The SMILES string of the molecule is Cc1cc(C(=O)N2CCC(c3c[nH]c4ccccc34)CC2)c(C)o1. The van der Waals surface area contributed by atoms with Crippen molar-refractivity contribution in [3.05, 3.63) is 59.2 Å². The number of piperidine rings is 1. The van der Waals surface area contributed by atoms with Gasteiger partial charge in [0, 0.05) is 30.2 Å². The van der Waals surface area contributed by atoms with Gasteiger partial charge in [0.05, 0.1) is 5.56 Å². The highest BCUT2D eigenvalue weighted by molar-refractivity contribution is 5.95. The number of para-hydroxylation sites is 1. The Morgan fingerprint density at radius 3 is 2.67 bits per heavy atom. The van der Waals surface area contributed by atoms with Crippen LogP contribution in [0.15, 0.2) is 40.9 Å². The van der Waals surface area contributed by atoms with E-state index in [1.165, 1.54) is 16.5 Å². The largest absolute Gasteiger partial charge is 0.466 e. The number of aromatic nitrogens is 1. The molecule has 124 valence electrons. The van der Waals surface area contributed by atoms with Gasteiger partial charge in [-0.15, -0.1) is 0 Å². The lowest BCUT2D eigenvalue weighted by molar-refractivity contribution is 0.0711. The number of carbonyl (C=O) groups excluding carboxylic acids is 1. The Bertz CT molecular complexity index is 882. The molecule has 4 heteroatoms. The number of H-pyrrole nitrogens is 1. The van der Waals surface area contributed by atoms with Gasteiger partial charge in [0.15, 0.2) is 0 Å². The lowest BCUT2D eigenvalue weighted by Crippen LogP contribution is -2.38. The third-order valence-corrected chi connectivity index (χ3v) is 5.11. The highest BCUT2D eigenvalue weighted by Gasteiger charge is 2.27. The average molecular weight is 322 g/mol. The number of hydrogen-bond acceptors (Lipinski definition) is 2. The third-order valence-electron chi connectivity index (χ3n) is 5.11. The molecular weight excluding hydrogens is 300 g/mol. The molecule has 3 heterocycles. The number of fused-ring (bicyclic) bond motifs is 1. The van der Waals surface area contributed by atoms with Crippen molar-refractivity contribution in [2.24, 2.45) is 0 Å². The number of aromatic amines is 1. The molecule has 0 saturated carbocycles. The van der Waals surface area contributed by atoms with E-state index in [-0.39, 0.29) is 5.91 Å². The zero-order chi connectivity index (χ0) is 16.7. The Morgan fingerprint density at radius 1 is 1.21 bits per heavy atom. The van der Waals surface area contributed by atoms with Gasteiger partial charge in [-0.05, 0) is 50.3 Å². The smallest absolute Gasteiger partial charge is 0.257 e. The van der Waals surface area contributed by atoms with Crippen LogP contribution < -0.4 is 0 Å². The molecule has 1 amide bonds. The van der Waals surface area contributed by atoms with Gasteiger partial charge in [0.25, 0.3) is 5.91 Å². The minimum Gasteiger partial charge on any atom is -0.466 e. The zero-order valence-electron chi connectivity index (χ0n) is 14.1. The minimum absolute atomic E-state index is 0.0988. The first-order valence-electron chi connectivity index (χ1n) is 8.56. The second kappa shape index (κ2) is 5.86. The molecule has 24 heavy (non-hydrogen) atoms. The van der Waals surface area contributed by atoms with E-state index in [1.807, 2.05) is 24.8 Å². The van der Waals surface area contributed by atoms with Crippen LogP contribution in [0.1, 0.15) is 46.2 Å². The van der Waals surface area contributed by atoms with E-state index in [0.717, 1.165) is 37.5 Å². The molecule has 0 radical (unpaired) electrons. The molecule has 1 fully saturated rings. The maximum absolute atomic E-state index is 12.7. The number of rotatable bonds is 2. The number of nitrogens with one attached hydrogen (secondary N) is 1. The lowest BCUT2D eigenvalue weighted by atomic mass is 9.89. The van der Waals surface area contributed by atoms with Crippen molar-refractivity contribution >= 4 is 16.8 Å². The van der Waals surface area contributed by atoms with E-state index in [9.17, 15) is 4.79 Å². The highest BCUT2D eigenvalue weighted by Crippen LogP contribution is 2.33. The maximum atomic E-state index is 12.7. The Hall–Kier alpha value is -2.49. The van der Waals surface area contributed by atoms with Crippen LogP contribution in [-0.4, -0.2) is 28.9 Å². The van der Waals surface area contributed by atoms with E-state index in [1.54, 1.807) is 0 Å². The Morgan fingerprint density at radius 2 is 1.96 bits per heavy atom. The van der Waals surface area contributed by atoms with Crippen molar-refractivity contribution in [2.75, 3.05) is 13.1 Å². The van der Waals surface area contributed by atoms with E-state index in [0.29, 0.717) is 11.5 Å². The third kappa shape index (κ3) is 2.52. The molecule has 1 saturated heterocycles. The predicted octanol–water partition coefficient (Wildman–Crippen LogP) is 4.40. The predicted molar refractivity (Wildman–Crippen MR) is 94.4 cm³/mol. The molecule has 4 nitrogen and oxygen atoms in total. The fourth-order valence-corrected chi connectivity index (χ4v) is 3.84. The summed E-state index contributed by atoms with van der Waals surface area (Å²) >= 11 is 0. The van der Waals surface area contributed by atoms with Crippen molar-refractivity contribution in [3.8, 4) is 0 Å². The Kier molecular flexibility index (Phi) is 3.68. The van der Waals surface area contributed by atoms with Crippen molar-refractivity contribution in [1.29, 1.82) is 0 Å². The molecule has 4 rings (SSSR count). The fourth-order valence-electron chi connectivity index (χ4n) is 3.84. The van der Waals surface area contributed by atoms with Crippen LogP contribution >= 0.6 is 0 Å². The number of aryl methyl sites for hydroxylation is 2. The maximum Gasteiger partial charge on any atom is 0.257 e. The van der Waals surface area contributed by atoms with Gasteiger partial charge < -0.3 is 14.3 Å². The first kappa shape index (κ1) is 15.1. The highest BCUT2D eigenvalue weighted by atomic mass is 16.3. The lowest BCUT2D eigenvalue weighted by Gasteiger charge is -2.32. The quantitative estimate of drug-likeness (QED) is 0.760. The molecule has 2 aromatic heterocycles. The summed E-state index contributed by atoms with van der Waals surface area (Å²) in [6, 6.07) is 10.3. The van der Waals surface area contributed by atoms with Crippen LogP contribution in [0.3, 0.4) is 0 Å². The summed E-state index contributed by atoms with van der Waals surface area (Å²) in [6.07, 6.45) is 4.14. The Balaban J connectivity index is 1.49. The molecule has 1 N–H and O–H groups in total. The standard InChI is InChI=1S/C20H22N2O2/c1-13-11-17(14(2)24-13)20(23)22-9-7-15(8-10-22)18-12-21-19-6-4-3-5-16(18)19/h3-6,11-12,15,21H,7-10H2,1-2H3. The number of benzene rings is 1. The van der Waals surface area contributed by atoms with E-state index in [4.69, 9.17) is 4.42 Å². The average Bonchev–Trinajstić information content (AvgIpc) is 3.17. The van der Waals surface area contributed by atoms with Crippen LogP contribution in [0.25, 0.3) is 10.9 Å². The summed E-state index contributed by atoms with van der Waals surface area (Å²) in [5.74, 6) is 2.12. The summed E-state index contributed by atoms with van der Waals surface area (Å²) in [4.78, 5) is 18.0. The van der Waals surface area contributed by atoms with Gasteiger partial charge in [-0.2, -0.15) is 0 Å². The van der Waals surface area contributed by atoms with Gasteiger partial charge >= 0.3 is 0 Å². The van der Waals surface area contributed by atoms with E-state index >= 15 is 0 Å². The number of carbonyl (C=O) groups is 1. The Labute approximate surface area is 141 Å². The van der Waals surface area contributed by atoms with E-state index in [2.05, 4.69) is 35.4 Å². The molecule has 0 bridgehead atoms. The number of likely N-dealkylation sites (tertiary alicyclic amines) is 1. The molecule has 1 aliphatic rings. The van der Waals surface area contributed by atoms with Crippen LogP contribution in [0, 0.1) is 13.8 Å². The monoisotopic (exact) mass is 322 g/mol. The first-order chi connectivity index (χ1) is 11.6. The summed E-state index contributed by atoms with van der Waals surface area (Å²) < 4.78 is 5.50. The van der Waals surface area contributed by atoms with Crippen molar-refractivity contribution < 1.29 is 9.21 Å². The fraction of sp³-hybridized carbons (Fsp3) is 0.350. The molecular formula is C20H22N2O2. The van der Waals surface area contributed by atoms with Gasteiger partial charge in [0.1, 0.15) is 11.5 Å². The number of furan rings is 1. The number of amides is 1. The molecule has 0 atom stereocenters. The van der Waals surface area contributed by atoms with Crippen LogP contribution in [0.2, 0.25) is 0 Å². The molecule has 0 spiro atoms. The van der Waals surface area contributed by atoms with Gasteiger partial charge in [0.2, 0.25) is 0 Å². The zero-order valence-corrected chi connectivity index (χ0v) is 14.1. The summed E-state index contributed by atoms with van der Waals surface area (Å²) in [5.41, 5.74) is 3.28.